The number of rotatable bonds is 7. The van der Waals surface area contributed by atoms with E-state index in [1.807, 2.05) is 0 Å². The second-order valence-corrected chi connectivity index (χ2v) is 8.23. The Balaban J connectivity index is 1.81. The van der Waals surface area contributed by atoms with E-state index in [2.05, 4.69) is 5.32 Å². The number of amides is 2. The van der Waals surface area contributed by atoms with Gasteiger partial charge in [0.15, 0.2) is 5.76 Å². The van der Waals surface area contributed by atoms with Gasteiger partial charge >= 0.3 is 0 Å². The van der Waals surface area contributed by atoms with Gasteiger partial charge in [0.1, 0.15) is 11.8 Å². The number of halogens is 1. The van der Waals surface area contributed by atoms with Gasteiger partial charge in [-0.25, -0.2) is 0 Å². The molecule has 0 radical (unpaired) electrons. The lowest BCUT2D eigenvalue weighted by atomic mass is 10.0. The molecule has 166 valence electrons. The van der Waals surface area contributed by atoms with Crippen molar-refractivity contribution in [2.45, 2.75) is 37.8 Å². The van der Waals surface area contributed by atoms with E-state index in [4.69, 9.17) is 20.8 Å². The van der Waals surface area contributed by atoms with Crippen molar-refractivity contribution in [3.63, 3.8) is 0 Å². The Kier molecular flexibility index (Phi) is 6.81. The molecular formula is C25H25ClN2O4. The van der Waals surface area contributed by atoms with Crippen LogP contribution in [-0.4, -0.2) is 25.0 Å². The summed E-state index contributed by atoms with van der Waals surface area (Å²) < 4.78 is 10.8. The van der Waals surface area contributed by atoms with Crippen molar-refractivity contribution in [2.24, 2.45) is 0 Å². The minimum atomic E-state index is -0.919. The van der Waals surface area contributed by atoms with E-state index < -0.39 is 11.9 Å². The second-order valence-electron chi connectivity index (χ2n) is 7.80. The summed E-state index contributed by atoms with van der Waals surface area (Å²) in [7, 11) is 1.56. The quantitative estimate of drug-likeness (QED) is 0.521. The van der Waals surface area contributed by atoms with E-state index in [0.29, 0.717) is 22.0 Å². The number of ether oxygens (including phenoxy) is 1. The van der Waals surface area contributed by atoms with Crippen LogP contribution in [-0.2, 0) is 4.79 Å². The van der Waals surface area contributed by atoms with Gasteiger partial charge in [0.05, 0.1) is 13.4 Å². The molecule has 32 heavy (non-hydrogen) atoms. The average Bonchev–Trinajstić information content (AvgIpc) is 3.52. The number of hydrogen-bond acceptors (Lipinski definition) is 4. The molecule has 0 unspecified atom stereocenters. The molecule has 1 fully saturated rings. The lowest BCUT2D eigenvalue weighted by Crippen LogP contribution is -2.46. The standard InChI is InChI=1S/C25H25ClN2O4/c1-31-21-9-4-8-20(16-21)28(25(30)22-10-5-15-32-22)23(17-11-13-18(26)14-12-17)24(29)27-19-6-2-3-7-19/h4-5,8-16,19,23H,2-3,6-7H2,1H3,(H,27,29)/t23-/m1/s1. The Hall–Kier alpha value is -3.25. The van der Waals surface area contributed by atoms with Crippen molar-refractivity contribution < 1.29 is 18.7 Å². The monoisotopic (exact) mass is 452 g/mol. The van der Waals surface area contributed by atoms with Crippen LogP contribution in [0.2, 0.25) is 5.02 Å². The van der Waals surface area contributed by atoms with Crippen molar-refractivity contribution in [2.75, 3.05) is 12.0 Å². The zero-order chi connectivity index (χ0) is 22.5. The van der Waals surface area contributed by atoms with Crippen LogP contribution in [0.4, 0.5) is 5.69 Å². The first-order valence-corrected chi connectivity index (χ1v) is 11.0. The van der Waals surface area contributed by atoms with Crippen LogP contribution in [0.3, 0.4) is 0 Å². The SMILES string of the molecule is COc1cccc(N(C(=O)c2ccco2)[C@@H](C(=O)NC2CCCC2)c2ccc(Cl)cc2)c1. The van der Waals surface area contributed by atoms with Gasteiger partial charge in [-0.2, -0.15) is 0 Å². The molecule has 1 saturated carbocycles. The van der Waals surface area contributed by atoms with Gasteiger partial charge in [0.2, 0.25) is 5.91 Å². The van der Waals surface area contributed by atoms with Crippen molar-refractivity contribution in [3.8, 4) is 5.75 Å². The number of carbonyl (C=O) groups excluding carboxylic acids is 2. The first-order chi connectivity index (χ1) is 15.6. The van der Waals surface area contributed by atoms with Gasteiger partial charge in [-0.15, -0.1) is 0 Å². The van der Waals surface area contributed by atoms with Gasteiger partial charge in [0, 0.05) is 22.8 Å². The maximum atomic E-state index is 13.6. The number of benzene rings is 2. The highest BCUT2D eigenvalue weighted by Gasteiger charge is 2.36. The largest absolute Gasteiger partial charge is 0.497 e. The minimum Gasteiger partial charge on any atom is -0.497 e. The van der Waals surface area contributed by atoms with Crippen LogP contribution in [0.1, 0.15) is 47.8 Å². The Labute approximate surface area is 192 Å². The molecule has 2 amide bonds. The summed E-state index contributed by atoms with van der Waals surface area (Å²) in [6.45, 7) is 0. The molecule has 1 heterocycles. The second kappa shape index (κ2) is 9.92. The Morgan fingerprint density at radius 2 is 1.84 bits per heavy atom. The van der Waals surface area contributed by atoms with Crippen molar-refractivity contribution in [1.82, 2.24) is 5.32 Å². The van der Waals surface area contributed by atoms with E-state index in [9.17, 15) is 9.59 Å². The first-order valence-electron chi connectivity index (χ1n) is 10.6. The Morgan fingerprint density at radius 1 is 1.09 bits per heavy atom. The fourth-order valence-electron chi connectivity index (χ4n) is 4.08. The van der Waals surface area contributed by atoms with E-state index in [1.165, 1.54) is 11.2 Å². The lowest BCUT2D eigenvalue weighted by molar-refractivity contribution is -0.123. The molecule has 3 aromatic rings. The number of carbonyl (C=O) groups is 2. The molecule has 4 rings (SSSR count). The molecule has 1 atom stereocenters. The van der Waals surface area contributed by atoms with Crippen LogP contribution in [0.5, 0.6) is 5.75 Å². The summed E-state index contributed by atoms with van der Waals surface area (Å²) in [6, 6.07) is 16.5. The number of furan rings is 1. The number of hydrogen-bond donors (Lipinski definition) is 1. The summed E-state index contributed by atoms with van der Waals surface area (Å²) >= 11 is 6.10. The van der Waals surface area contributed by atoms with Crippen LogP contribution in [0.25, 0.3) is 0 Å². The van der Waals surface area contributed by atoms with Crippen molar-refractivity contribution >= 4 is 29.1 Å². The maximum absolute atomic E-state index is 13.6. The molecule has 6 nitrogen and oxygen atoms in total. The number of nitrogens with zero attached hydrogens (tertiary/aromatic N) is 1. The van der Waals surface area contributed by atoms with Gasteiger partial charge in [-0.05, 0) is 54.8 Å². The summed E-state index contributed by atoms with van der Waals surface area (Å²) in [4.78, 5) is 28.7. The smallest absolute Gasteiger partial charge is 0.294 e. The zero-order valence-electron chi connectivity index (χ0n) is 17.8. The molecule has 0 bridgehead atoms. The third-order valence-corrected chi connectivity index (χ3v) is 5.93. The number of anilines is 1. The summed E-state index contributed by atoms with van der Waals surface area (Å²) in [5, 5.41) is 3.69. The molecular weight excluding hydrogens is 428 g/mol. The topological polar surface area (TPSA) is 71.8 Å². The fraction of sp³-hybridized carbons (Fsp3) is 0.280. The highest BCUT2D eigenvalue weighted by molar-refractivity contribution is 6.30. The molecule has 1 aromatic heterocycles. The molecule has 0 spiro atoms. The van der Waals surface area contributed by atoms with Gasteiger partial charge < -0.3 is 14.5 Å². The normalized spacial score (nSPS) is 14.7. The summed E-state index contributed by atoms with van der Waals surface area (Å²) in [6.07, 6.45) is 5.48. The average molecular weight is 453 g/mol. The molecule has 0 saturated heterocycles. The number of methoxy groups -OCH3 is 1. The van der Waals surface area contributed by atoms with Gasteiger partial charge in [-0.1, -0.05) is 42.6 Å². The maximum Gasteiger partial charge on any atom is 0.294 e. The third-order valence-electron chi connectivity index (χ3n) is 5.68. The molecule has 1 N–H and O–H groups in total. The predicted octanol–water partition coefficient (Wildman–Crippen LogP) is 5.39. The van der Waals surface area contributed by atoms with Crippen LogP contribution in [0, 0.1) is 0 Å². The Morgan fingerprint density at radius 3 is 2.50 bits per heavy atom. The summed E-state index contributed by atoms with van der Waals surface area (Å²) in [5.74, 6) is 0.0398. The zero-order valence-corrected chi connectivity index (χ0v) is 18.5. The first kappa shape index (κ1) is 22.0. The van der Waals surface area contributed by atoms with Gasteiger partial charge in [0.25, 0.3) is 5.91 Å². The fourth-order valence-corrected chi connectivity index (χ4v) is 4.20. The van der Waals surface area contributed by atoms with E-state index in [-0.39, 0.29) is 17.7 Å². The van der Waals surface area contributed by atoms with Crippen molar-refractivity contribution in [1.29, 1.82) is 0 Å². The molecule has 1 aliphatic carbocycles. The highest BCUT2D eigenvalue weighted by Crippen LogP contribution is 2.33. The molecule has 1 aliphatic rings. The van der Waals surface area contributed by atoms with E-state index in [0.717, 1.165) is 25.7 Å². The Bertz CT molecular complexity index is 1060. The predicted molar refractivity (Wildman–Crippen MR) is 123 cm³/mol. The lowest BCUT2D eigenvalue weighted by Gasteiger charge is -2.32. The van der Waals surface area contributed by atoms with E-state index >= 15 is 0 Å². The van der Waals surface area contributed by atoms with Crippen LogP contribution < -0.4 is 15.0 Å². The van der Waals surface area contributed by atoms with Crippen LogP contribution >= 0.6 is 11.6 Å². The van der Waals surface area contributed by atoms with Crippen molar-refractivity contribution in [3.05, 3.63) is 83.3 Å². The minimum absolute atomic E-state index is 0.100. The summed E-state index contributed by atoms with van der Waals surface area (Å²) in [5.41, 5.74) is 1.17. The van der Waals surface area contributed by atoms with Crippen LogP contribution in [0.15, 0.2) is 71.3 Å². The van der Waals surface area contributed by atoms with E-state index in [1.54, 1.807) is 67.8 Å². The van der Waals surface area contributed by atoms with Gasteiger partial charge in [-0.3, -0.25) is 14.5 Å². The number of nitrogens with one attached hydrogen (secondary N) is 1. The molecule has 2 aromatic carbocycles. The molecule has 7 heteroatoms. The highest BCUT2D eigenvalue weighted by atomic mass is 35.5. The molecule has 0 aliphatic heterocycles. The third kappa shape index (κ3) is 4.81.